The zero-order chi connectivity index (χ0) is 47.8. The van der Waals surface area contributed by atoms with Crippen LogP contribution in [0, 0.1) is 11.8 Å². The molecule has 16 nitrogen and oxygen atoms in total. The number of aromatic nitrogens is 4. The molecule has 16 heteroatoms. The normalized spacial score (nSPS) is 19.0. The molecule has 10 rings (SSSR count). The first kappa shape index (κ1) is 46.0. The van der Waals surface area contributed by atoms with Crippen molar-refractivity contribution in [2.75, 3.05) is 65.7 Å². The number of carbonyl (C=O) groups excluding carboxylic acids is 4. The molecule has 4 aliphatic rings. The minimum absolute atomic E-state index is 0.163. The lowest BCUT2D eigenvalue weighted by Gasteiger charge is -2.32. The molecule has 2 aromatic heterocycles. The summed E-state index contributed by atoms with van der Waals surface area (Å²) >= 11 is 0. The maximum atomic E-state index is 14.3. The van der Waals surface area contributed by atoms with Crippen molar-refractivity contribution in [3.8, 4) is 34.4 Å². The standard InChI is InChI=1S/C54H56N10O6/c65-51(47(41-9-3-1-4-10-41)59-53(67)61-27-31-69-32-28-61)63-25-7-13-45(63)49-55-35-43(57-49)39-21-17-37(18-22-39)15-16-38-19-23-40(24-20-38)44-36-56-50(58-44)46-14-8-26-64(46)52(66)48(42-11-5-2-6-12-42)60-54(68)62-29-33-70-34-30-62/h1-6,9-12,17-24,35-36,45-48H,7-8,13-14,25-34H2,(H,55,57)(H,56,58)(H,59,67)(H,60,68)/t45?,46?,47-,48-/m1/s1. The van der Waals surface area contributed by atoms with Crippen LogP contribution in [0.25, 0.3) is 22.5 Å². The largest absolute Gasteiger partial charge is 0.378 e. The fourth-order valence-electron chi connectivity index (χ4n) is 9.71. The van der Waals surface area contributed by atoms with Gasteiger partial charge in [-0.05, 0) is 72.2 Å². The van der Waals surface area contributed by atoms with E-state index < -0.39 is 12.1 Å². The van der Waals surface area contributed by atoms with Crippen LogP contribution in [0.15, 0.2) is 122 Å². The molecule has 4 aromatic carbocycles. The molecule has 4 saturated heterocycles. The molecule has 70 heavy (non-hydrogen) atoms. The number of hydrogen-bond donors (Lipinski definition) is 4. The molecule has 0 spiro atoms. The van der Waals surface area contributed by atoms with E-state index in [1.165, 1.54) is 0 Å². The second kappa shape index (κ2) is 21.3. The van der Waals surface area contributed by atoms with Crippen LogP contribution >= 0.6 is 0 Å². The van der Waals surface area contributed by atoms with Gasteiger partial charge in [0.25, 0.3) is 0 Å². The Kier molecular flexibility index (Phi) is 14.0. The summed E-state index contributed by atoms with van der Waals surface area (Å²) in [5, 5.41) is 6.04. The summed E-state index contributed by atoms with van der Waals surface area (Å²) in [7, 11) is 0. The highest BCUT2D eigenvalue weighted by Gasteiger charge is 2.39. The number of urea groups is 2. The van der Waals surface area contributed by atoms with Crippen LogP contribution in [0.5, 0.6) is 0 Å². The Hall–Kier alpha value is -7.74. The Bertz CT molecular complexity index is 2640. The van der Waals surface area contributed by atoms with Gasteiger partial charge in [0, 0.05) is 50.4 Å². The van der Waals surface area contributed by atoms with Gasteiger partial charge in [-0.25, -0.2) is 19.6 Å². The Morgan fingerprint density at radius 2 is 0.914 bits per heavy atom. The number of imidazole rings is 2. The van der Waals surface area contributed by atoms with Crippen LogP contribution in [0.2, 0.25) is 0 Å². The summed E-state index contributed by atoms with van der Waals surface area (Å²) in [6.45, 7) is 4.94. The van der Waals surface area contributed by atoms with Gasteiger partial charge in [-0.3, -0.25) is 9.59 Å². The van der Waals surface area contributed by atoms with E-state index >= 15 is 0 Å². The highest BCUT2D eigenvalue weighted by Crippen LogP contribution is 2.36. The van der Waals surface area contributed by atoms with Crippen molar-refractivity contribution >= 4 is 23.9 Å². The molecule has 6 aromatic rings. The molecule has 6 amide bonds. The van der Waals surface area contributed by atoms with E-state index in [1.807, 2.05) is 119 Å². The number of H-pyrrole nitrogens is 2. The van der Waals surface area contributed by atoms with E-state index in [2.05, 4.69) is 32.4 Å². The van der Waals surface area contributed by atoms with E-state index in [-0.39, 0.29) is 36.0 Å². The lowest BCUT2D eigenvalue weighted by molar-refractivity contribution is -0.135. The number of aromatic amines is 2. The third-order valence-corrected chi connectivity index (χ3v) is 13.5. The number of ether oxygens (including phenoxy) is 2. The van der Waals surface area contributed by atoms with Gasteiger partial charge in [0.15, 0.2) is 0 Å². The van der Waals surface area contributed by atoms with E-state index in [9.17, 15) is 19.2 Å². The SMILES string of the molecule is O=C(N[C@@H](C(=O)N1CCCC1c1ncc(-c2ccc(C#Cc3ccc(-c4cnc(C5CCCN5C(=O)[C@H](NC(=O)N5CCOCC5)c5ccccc5)[nH]4)cc3)cc2)[nH]1)c1ccccc1)N1CCOCC1. The maximum absolute atomic E-state index is 14.3. The summed E-state index contributed by atoms with van der Waals surface area (Å²) in [5.41, 5.74) is 6.74. The maximum Gasteiger partial charge on any atom is 0.318 e. The number of nitrogens with zero attached hydrogens (tertiary/aromatic N) is 6. The molecule has 358 valence electrons. The highest BCUT2D eigenvalue weighted by molar-refractivity contribution is 5.89. The molecule has 4 fully saturated rings. The van der Waals surface area contributed by atoms with Crippen LogP contribution in [-0.2, 0) is 19.1 Å². The molecule has 6 heterocycles. The van der Waals surface area contributed by atoms with Crippen molar-refractivity contribution in [1.29, 1.82) is 0 Å². The van der Waals surface area contributed by atoms with Gasteiger partial charge in [-0.1, -0.05) is 96.8 Å². The van der Waals surface area contributed by atoms with Gasteiger partial charge in [0.05, 0.1) is 62.3 Å². The van der Waals surface area contributed by atoms with Crippen LogP contribution in [0.3, 0.4) is 0 Å². The summed E-state index contributed by atoms with van der Waals surface area (Å²) in [6, 6.07) is 32.0. The Morgan fingerprint density at radius 1 is 0.529 bits per heavy atom. The number of likely N-dealkylation sites (tertiary alicyclic amines) is 2. The quantitative estimate of drug-likeness (QED) is 0.109. The van der Waals surface area contributed by atoms with Gasteiger partial charge in [0.2, 0.25) is 11.8 Å². The number of morpholine rings is 2. The lowest BCUT2D eigenvalue weighted by atomic mass is 10.0. The predicted molar refractivity (Wildman–Crippen MR) is 262 cm³/mol. The van der Waals surface area contributed by atoms with Crippen molar-refractivity contribution in [3.05, 3.63) is 155 Å². The molecule has 0 radical (unpaired) electrons. The third-order valence-electron chi connectivity index (χ3n) is 13.5. The van der Waals surface area contributed by atoms with Gasteiger partial charge >= 0.3 is 12.1 Å². The fourth-order valence-corrected chi connectivity index (χ4v) is 9.71. The molecule has 4 atom stereocenters. The number of hydrogen-bond acceptors (Lipinski definition) is 8. The predicted octanol–water partition coefficient (Wildman–Crippen LogP) is 6.76. The molecule has 4 aliphatic heterocycles. The third kappa shape index (κ3) is 10.3. The molecule has 0 aliphatic carbocycles. The number of amides is 6. The Morgan fingerprint density at radius 3 is 1.30 bits per heavy atom. The minimum Gasteiger partial charge on any atom is -0.378 e. The molecular formula is C54H56N10O6. The second-order valence-electron chi connectivity index (χ2n) is 17.9. The second-order valence-corrected chi connectivity index (χ2v) is 17.9. The summed E-state index contributed by atoms with van der Waals surface area (Å²) < 4.78 is 10.9. The van der Waals surface area contributed by atoms with Crippen molar-refractivity contribution in [2.24, 2.45) is 0 Å². The van der Waals surface area contributed by atoms with Crippen LogP contribution < -0.4 is 10.6 Å². The fraction of sp³-hybridized carbons (Fsp3) is 0.333. The summed E-state index contributed by atoms with van der Waals surface area (Å²) in [6.07, 6.45) is 6.77. The van der Waals surface area contributed by atoms with Crippen molar-refractivity contribution in [3.63, 3.8) is 0 Å². The van der Waals surface area contributed by atoms with Gasteiger partial charge in [-0.2, -0.15) is 0 Å². The first-order chi connectivity index (χ1) is 34.4. The number of benzene rings is 4. The smallest absolute Gasteiger partial charge is 0.318 e. The first-order valence-electron chi connectivity index (χ1n) is 24.2. The Balaban J connectivity index is 0.768. The minimum atomic E-state index is -0.833. The molecular weight excluding hydrogens is 885 g/mol. The lowest BCUT2D eigenvalue weighted by Crippen LogP contribution is -2.50. The zero-order valence-corrected chi connectivity index (χ0v) is 38.9. The molecule has 2 unspecified atom stereocenters. The average molecular weight is 941 g/mol. The van der Waals surface area contributed by atoms with Crippen molar-refractivity contribution in [1.82, 2.24) is 50.2 Å². The van der Waals surface area contributed by atoms with Crippen LogP contribution in [-0.4, -0.2) is 129 Å². The Labute approximate surface area is 406 Å². The van der Waals surface area contributed by atoms with Crippen LogP contribution in [0.1, 0.15) is 83.8 Å². The van der Waals surface area contributed by atoms with E-state index in [0.29, 0.717) is 77.3 Å². The van der Waals surface area contributed by atoms with Gasteiger partial charge < -0.3 is 49.7 Å². The monoisotopic (exact) mass is 940 g/mol. The molecule has 0 bridgehead atoms. The number of rotatable bonds is 10. The molecule has 0 saturated carbocycles. The average Bonchev–Trinajstić information content (AvgIpc) is 4.28. The summed E-state index contributed by atoms with van der Waals surface area (Å²) in [4.78, 5) is 78.7. The van der Waals surface area contributed by atoms with E-state index in [0.717, 1.165) is 70.5 Å². The van der Waals surface area contributed by atoms with Crippen molar-refractivity contribution in [2.45, 2.75) is 49.9 Å². The summed E-state index contributed by atoms with van der Waals surface area (Å²) in [5.74, 6) is 7.66. The first-order valence-corrected chi connectivity index (χ1v) is 24.2. The van der Waals surface area contributed by atoms with Crippen molar-refractivity contribution < 1.29 is 28.7 Å². The number of carbonyl (C=O) groups is 4. The van der Waals surface area contributed by atoms with Gasteiger partial charge in [0.1, 0.15) is 23.7 Å². The van der Waals surface area contributed by atoms with Gasteiger partial charge in [-0.15, -0.1) is 0 Å². The van der Waals surface area contributed by atoms with E-state index in [4.69, 9.17) is 19.4 Å². The topological polar surface area (TPSA) is 181 Å². The zero-order valence-electron chi connectivity index (χ0n) is 38.9. The highest BCUT2D eigenvalue weighted by atomic mass is 16.5. The van der Waals surface area contributed by atoms with E-state index in [1.54, 1.807) is 22.2 Å². The van der Waals surface area contributed by atoms with Crippen LogP contribution in [0.4, 0.5) is 9.59 Å². The molecule has 4 N–H and O–H groups in total. The number of nitrogens with one attached hydrogen (secondary N) is 4.